The largest absolute Gasteiger partial charge is 0.467 e. The molecule has 1 N–H and O–H groups in total. The summed E-state index contributed by atoms with van der Waals surface area (Å²) in [7, 11) is 0. The minimum absolute atomic E-state index is 0.315. The third-order valence-corrected chi connectivity index (χ3v) is 3.47. The van der Waals surface area contributed by atoms with Crippen LogP contribution in [0.4, 0.5) is 0 Å². The fraction of sp³-hybridized carbons (Fsp3) is 0.625. The van der Waals surface area contributed by atoms with Gasteiger partial charge in [-0.2, -0.15) is 0 Å². The van der Waals surface area contributed by atoms with Gasteiger partial charge in [0, 0.05) is 17.1 Å². The predicted octanol–water partition coefficient (Wildman–Crippen LogP) is 3.85. The fourth-order valence-corrected chi connectivity index (χ4v) is 2.12. The summed E-state index contributed by atoms with van der Waals surface area (Å²) in [5, 5.41) is 4.14. The summed E-state index contributed by atoms with van der Waals surface area (Å²) < 4.78 is 11.2. The summed E-state index contributed by atoms with van der Waals surface area (Å²) in [5.74, 6) is 2.23. The molecule has 2 rings (SSSR count). The summed E-state index contributed by atoms with van der Waals surface area (Å²) >= 11 is 6.05. The van der Waals surface area contributed by atoms with Gasteiger partial charge in [-0.05, 0) is 49.4 Å². The number of ether oxygens (including phenoxy) is 2. The molecule has 0 amide bonds. The van der Waals surface area contributed by atoms with Crippen molar-refractivity contribution < 1.29 is 9.47 Å². The normalized spacial score (nSPS) is 14.8. The van der Waals surface area contributed by atoms with Gasteiger partial charge in [-0.1, -0.05) is 25.4 Å². The second kappa shape index (κ2) is 7.87. The highest BCUT2D eigenvalue weighted by Crippen LogP contribution is 2.29. The van der Waals surface area contributed by atoms with Crippen LogP contribution in [0.2, 0.25) is 5.02 Å². The Kier molecular flexibility index (Phi) is 6.14. The van der Waals surface area contributed by atoms with E-state index in [9.17, 15) is 0 Å². The molecule has 4 heteroatoms. The average molecular weight is 298 g/mol. The minimum atomic E-state index is 0.315. The summed E-state index contributed by atoms with van der Waals surface area (Å²) in [5.41, 5.74) is 1.08. The molecule has 112 valence electrons. The molecule has 0 unspecified atom stereocenters. The molecular weight excluding hydrogens is 274 g/mol. The van der Waals surface area contributed by atoms with Crippen LogP contribution in [-0.2, 0) is 11.3 Å². The molecule has 1 aromatic rings. The van der Waals surface area contributed by atoms with Gasteiger partial charge in [0.2, 0.25) is 0 Å². The molecule has 0 heterocycles. The van der Waals surface area contributed by atoms with Crippen molar-refractivity contribution in [2.45, 2.75) is 33.2 Å². The van der Waals surface area contributed by atoms with E-state index in [2.05, 4.69) is 19.2 Å². The Morgan fingerprint density at radius 2 is 2.15 bits per heavy atom. The Morgan fingerprint density at radius 1 is 1.35 bits per heavy atom. The van der Waals surface area contributed by atoms with Crippen LogP contribution in [0.3, 0.4) is 0 Å². The summed E-state index contributed by atoms with van der Waals surface area (Å²) in [6, 6.07) is 5.71. The first-order chi connectivity index (χ1) is 9.65. The van der Waals surface area contributed by atoms with E-state index in [1.165, 1.54) is 12.8 Å². The Morgan fingerprint density at radius 3 is 2.85 bits per heavy atom. The third-order valence-electron chi connectivity index (χ3n) is 3.24. The highest BCUT2D eigenvalue weighted by atomic mass is 35.5. The molecule has 0 spiro atoms. The highest BCUT2D eigenvalue weighted by molar-refractivity contribution is 6.30. The topological polar surface area (TPSA) is 30.5 Å². The van der Waals surface area contributed by atoms with E-state index < -0.39 is 0 Å². The molecule has 0 radical (unpaired) electrons. The molecule has 1 aliphatic rings. The van der Waals surface area contributed by atoms with E-state index in [1.807, 2.05) is 18.2 Å². The van der Waals surface area contributed by atoms with E-state index in [-0.39, 0.29) is 0 Å². The molecule has 3 nitrogen and oxygen atoms in total. The minimum Gasteiger partial charge on any atom is -0.467 e. The van der Waals surface area contributed by atoms with Gasteiger partial charge in [0.25, 0.3) is 0 Å². The molecule has 0 saturated heterocycles. The predicted molar refractivity (Wildman–Crippen MR) is 82.2 cm³/mol. The first-order valence-corrected chi connectivity index (χ1v) is 7.72. The zero-order valence-corrected chi connectivity index (χ0v) is 13.1. The van der Waals surface area contributed by atoms with Crippen molar-refractivity contribution >= 4 is 11.6 Å². The smallest absolute Gasteiger partial charge is 0.189 e. The zero-order valence-electron chi connectivity index (χ0n) is 12.3. The van der Waals surface area contributed by atoms with Crippen molar-refractivity contribution in [3.63, 3.8) is 0 Å². The quantitative estimate of drug-likeness (QED) is 0.555. The van der Waals surface area contributed by atoms with Crippen molar-refractivity contribution in [2.24, 2.45) is 11.8 Å². The lowest BCUT2D eigenvalue weighted by Crippen LogP contribution is -2.19. The Bertz CT molecular complexity index is 419. The number of halogens is 1. The first kappa shape index (κ1) is 15.6. The maximum atomic E-state index is 6.05. The van der Waals surface area contributed by atoms with Gasteiger partial charge in [-0.3, -0.25) is 0 Å². The van der Waals surface area contributed by atoms with E-state index in [0.717, 1.165) is 41.9 Å². The lowest BCUT2D eigenvalue weighted by molar-refractivity contribution is 0.00941. The Hall–Kier alpha value is -0.770. The van der Waals surface area contributed by atoms with E-state index in [4.69, 9.17) is 21.1 Å². The van der Waals surface area contributed by atoms with Gasteiger partial charge in [0.15, 0.2) is 6.79 Å². The van der Waals surface area contributed by atoms with Crippen LogP contribution >= 0.6 is 11.6 Å². The first-order valence-electron chi connectivity index (χ1n) is 7.35. The van der Waals surface area contributed by atoms with Crippen LogP contribution in [0.15, 0.2) is 18.2 Å². The second-order valence-electron chi connectivity index (χ2n) is 5.85. The van der Waals surface area contributed by atoms with E-state index in [0.29, 0.717) is 12.7 Å². The van der Waals surface area contributed by atoms with Gasteiger partial charge in [-0.15, -0.1) is 0 Å². The number of hydrogen-bond donors (Lipinski definition) is 1. The van der Waals surface area contributed by atoms with Crippen molar-refractivity contribution in [3.05, 3.63) is 28.8 Å². The number of nitrogens with one attached hydrogen (secondary N) is 1. The van der Waals surface area contributed by atoms with Gasteiger partial charge in [-0.25, -0.2) is 0 Å². The summed E-state index contributed by atoms with van der Waals surface area (Å²) in [4.78, 5) is 0. The highest BCUT2D eigenvalue weighted by Gasteiger charge is 2.21. The van der Waals surface area contributed by atoms with Crippen LogP contribution in [0.25, 0.3) is 0 Å². The van der Waals surface area contributed by atoms with Crippen molar-refractivity contribution in [1.82, 2.24) is 5.32 Å². The monoisotopic (exact) mass is 297 g/mol. The van der Waals surface area contributed by atoms with Crippen LogP contribution < -0.4 is 10.1 Å². The molecule has 1 aromatic carbocycles. The fourth-order valence-electron chi connectivity index (χ4n) is 1.93. The molecule has 1 fully saturated rings. The molecule has 0 aliphatic heterocycles. The zero-order chi connectivity index (χ0) is 14.4. The standard InChI is InChI=1S/C16H24ClNO2/c1-12(2)8-18-9-14-7-15(17)5-6-16(14)20-11-19-10-13-3-4-13/h5-7,12-13,18H,3-4,8-11H2,1-2H3. The number of benzene rings is 1. The second-order valence-corrected chi connectivity index (χ2v) is 6.29. The van der Waals surface area contributed by atoms with Crippen LogP contribution in [0.1, 0.15) is 32.3 Å². The maximum absolute atomic E-state index is 6.05. The van der Waals surface area contributed by atoms with Crippen LogP contribution in [-0.4, -0.2) is 19.9 Å². The molecular formula is C16H24ClNO2. The molecule has 0 aromatic heterocycles. The average Bonchev–Trinajstić information content (AvgIpc) is 3.20. The molecule has 1 saturated carbocycles. The summed E-state index contributed by atoms with van der Waals surface area (Å²) in [6.07, 6.45) is 2.59. The van der Waals surface area contributed by atoms with Crippen molar-refractivity contribution in [3.8, 4) is 5.75 Å². The van der Waals surface area contributed by atoms with Gasteiger partial charge >= 0.3 is 0 Å². The van der Waals surface area contributed by atoms with E-state index >= 15 is 0 Å². The number of rotatable bonds is 9. The van der Waals surface area contributed by atoms with Crippen molar-refractivity contribution in [2.75, 3.05) is 19.9 Å². The third kappa shape index (κ3) is 5.70. The van der Waals surface area contributed by atoms with Crippen molar-refractivity contribution in [1.29, 1.82) is 0 Å². The van der Waals surface area contributed by atoms with Crippen LogP contribution in [0, 0.1) is 11.8 Å². The maximum Gasteiger partial charge on any atom is 0.189 e. The van der Waals surface area contributed by atoms with E-state index in [1.54, 1.807) is 0 Å². The number of hydrogen-bond acceptors (Lipinski definition) is 3. The lowest BCUT2D eigenvalue weighted by atomic mass is 10.2. The lowest BCUT2D eigenvalue weighted by Gasteiger charge is -2.13. The Balaban J connectivity index is 1.81. The molecule has 1 aliphatic carbocycles. The molecule has 0 bridgehead atoms. The Labute approximate surface area is 126 Å². The summed E-state index contributed by atoms with van der Waals surface area (Å²) in [6.45, 7) is 7.24. The van der Waals surface area contributed by atoms with Gasteiger partial charge < -0.3 is 14.8 Å². The van der Waals surface area contributed by atoms with Crippen LogP contribution in [0.5, 0.6) is 5.75 Å². The van der Waals surface area contributed by atoms with Gasteiger partial charge in [0.1, 0.15) is 5.75 Å². The molecule has 0 atom stereocenters. The SMILES string of the molecule is CC(C)CNCc1cc(Cl)ccc1OCOCC1CC1. The molecule has 20 heavy (non-hydrogen) atoms. The van der Waals surface area contributed by atoms with Gasteiger partial charge in [0.05, 0.1) is 6.61 Å².